The molecule has 206 valence electrons. The van der Waals surface area contributed by atoms with E-state index in [9.17, 15) is 0 Å². The number of hydrogen-bond donors (Lipinski definition) is 2. The second-order valence-electron chi connectivity index (χ2n) is 9.91. The van der Waals surface area contributed by atoms with Crippen LogP contribution in [0.4, 0.5) is 0 Å². The van der Waals surface area contributed by atoms with Crippen LogP contribution < -0.4 is 20.1 Å². The highest BCUT2D eigenvalue weighted by Crippen LogP contribution is 2.25. The van der Waals surface area contributed by atoms with Crippen molar-refractivity contribution in [2.75, 3.05) is 0 Å². The molecule has 0 spiro atoms. The zero-order valence-electron chi connectivity index (χ0n) is 23.4. The molecule has 0 aliphatic carbocycles. The van der Waals surface area contributed by atoms with Crippen LogP contribution in [0.3, 0.4) is 0 Å². The molecule has 0 saturated carbocycles. The van der Waals surface area contributed by atoms with Crippen molar-refractivity contribution in [1.29, 1.82) is 0 Å². The second-order valence-corrected chi connectivity index (χ2v) is 9.91. The maximum absolute atomic E-state index is 6.57. The first-order chi connectivity index (χ1) is 19.6. The van der Waals surface area contributed by atoms with Gasteiger partial charge in [0.15, 0.2) is 0 Å². The van der Waals surface area contributed by atoms with E-state index in [0.717, 1.165) is 11.5 Å². The maximum Gasteiger partial charge on any atom is 0.133 e. The fraction of sp³-hybridized carbons (Fsp3) is 0.222. The average Bonchev–Trinajstić information content (AvgIpc) is 3.02. The van der Waals surface area contributed by atoms with E-state index >= 15 is 0 Å². The van der Waals surface area contributed by atoms with Gasteiger partial charge >= 0.3 is 0 Å². The lowest BCUT2D eigenvalue weighted by Gasteiger charge is -2.40. The first-order valence-corrected chi connectivity index (χ1v) is 13.9. The van der Waals surface area contributed by atoms with Crippen LogP contribution in [0, 0.1) is 0 Å². The molecule has 4 aromatic carbocycles. The van der Waals surface area contributed by atoms with Crippen molar-refractivity contribution in [1.82, 2.24) is 10.6 Å². The summed E-state index contributed by atoms with van der Waals surface area (Å²) in [5, 5.41) is 7.75. The fourth-order valence-corrected chi connectivity index (χ4v) is 4.91. The van der Waals surface area contributed by atoms with Gasteiger partial charge in [0.25, 0.3) is 0 Å². The van der Waals surface area contributed by atoms with Crippen molar-refractivity contribution in [3.8, 4) is 11.5 Å². The van der Waals surface area contributed by atoms with Gasteiger partial charge < -0.3 is 20.1 Å². The van der Waals surface area contributed by atoms with Crippen molar-refractivity contribution < 1.29 is 9.47 Å². The van der Waals surface area contributed by atoms with E-state index in [2.05, 4.69) is 86.2 Å². The van der Waals surface area contributed by atoms with Crippen molar-refractivity contribution in [3.63, 3.8) is 0 Å². The minimum absolute atomic E-state index is 0.0338. The molecule has 40 heavy (non-hydrogen) atoms. The average molecular weight is 533 g/mol. The highest BCUT2D eigenvalue weighted by atomic mass is 16.5. The van der Waals surface area contributed by atoms with E-state index in [1.54, 1.807) is 0 Å². The van der Waals surface area contributed by atoms with Gasteiger partial charge in [-0.3, -0.25) is 0 Å². The third-order valence-electron chi connectivity index (χ3n) is 7.07. The van der Waals surface area contributed by atoms with Gasteiger partial charge in [-0.25, -0.2) is 0 Å². The summed E-state index contributed by atoms with van der Waals surface area (Å²) in [6.07, 6.45) is 2.98. The minimum atomic E-state index is -0.379. The molecule has 2 N–H and O–H groups in total. The van der Waals surface area contributed by atoms with Crippen LogP contribution >= 0.6 is 0 Å². The van der Waals surface area contributed by atoms with E-state index in [4.69, 9.17) is 9.47 Å². The van der Waals surface area contributed by atoms with Gasteiger partial charge in [0.05, 0.1) is 12.1 Å². The highest BCUT2D eigenvalue weighted by molar-refractivity contribution is 5.26. The topological polar surface area (TPSA) is 42.5 Å². The standard InChI is InChI=1S/C36H40N2O2/c1-5-33(39-31-23-15-9-16-24-31)35(37-27(3)29-19-11-7-12-20-29)36(38-28(4)30-21-13-8-14-22-30)34(6-2)40-32-25-17-10-18-26-32/h5-28,33-38H,1-2H2,3-4H3/t27-,28-,33-,34-,35+,36+/m0/s1. The Balaban J connectivity index is 1.74. The Kier molecular flexibility index (Phi) is 10.7. The van der Waals surface area contributed by atoms with Crippen LogP contribution in [0.2, 0.25) is 0 Å². The molecule has 4 nitrogen and oxygen atoms in total. The van der Waals surface area contributed by atoms with Crippen LogP contribution in [-0.4, -0.2) is 24.3 Å². The Hall–Kier alpha value is -4.12. The molecule has 4 rings (SSSR count). The predicted molar refractivity (Wildman–Crippen MR) is 166 cm³/mol. The third kappa shape index (κ3) is 7.95. The zero-order valence-corrected chi connectivity index (χ0v) is 23.4. The van der Waals surface area contributed by atoms with E-state index in [1.165, 1.54) is 11.1 Å². The summed E-state index contributed by atoms with van der Waals surface area (Å²) < 4.78 is 13.1. The summed E-state index contributed by atoms with van der Waals surface area (Å²) in [7, 11) is 0. The van der Waals surface area contributed by atoms with Gasteiger partial charge in [-0.15, -0.1) is 0 Å². The van der Waals surface area contributed by atoms with E-state index in [1.807, 2.05) is 84.9 Å². The van der Waals surface area contributed by atoms with Crippen LogP contribution in [0.15, 0.2) is 147 Å². The quantitative estimate of drug-likeness (QED) is 0.154. The summed E-state index contributed by atoms with van der Waals surface area (Å²) in [4.78, 5) is 0. The first-order valence-electron chi connectivity index (χ1n) is 13.9. The number of hydrogen-bond acceptors (Lipinski definition) is 4. The molecule has 0 fully saturated rings. The van der Waals surface area contributed by atoms with Gasteiger partial charge in [0, 0.05) is 12.1 Å². The summed E-state index contributed by atoms with van der Waals surface area (Å²) >= 11 is 0. The zero-order chi connectivity index (χ0) is 28.2. The molecule has 0 heterocycles. The SMILES string of the molecule is C=C[C@H](Oc1ccccc1)[C@@H](N[C@@H](C)c1ccccc1)[C@H](N[C@@H](C)c1ccccc1)[C@H](C=C)Oc1ccccc1. The molecular formula is C36H40N2O2. The molecule has 4 heteroatoms. The molecule has 0 aromatic heterocycles. The van der Waals surface area contributed by atoms with Crippen LogP contribution in [0.5, 0.6) is 11.5 Å². The Morgan fingerprint density at radius 2 is 0.800 bits per heavy atom. The molecule has 0 aliphatic heterocycles. The van der Waals surface area contributed by atoms with Gasteiger partial charge in [-0.2, -0.15) is 0 Å². The molecule has 0 unspecified atom stereocenters. The predicted octanol–water partition coefficient (Wildman–Crippen LogP) is 7.69. The summed E-state index contributed by atoms with van der Waals surface area (Å²) in [6, 6.07) is 40.2. The molecular weight excluding hydrogens is 492 g/mol. The fourth-order valence-electron chi connectivity index (χ4n) is 4.91. The molecule has 0 saturated heterocycles. The first kappa shape index (κ1) is 28.9. The molecule has 0 bridgehead atoms. The lowest BCUT2D eigenvalue weighted by Crippen LogP contribution is -2.61. The van der Waals surface area contributed by atoms with E-state index < -0.39 is 0 Å². The smallest absolute Gasteiger partial charge is 0.133 e. The number of ether oxygens (including phenoxy) is 2. The van der Waals surface area contributed by atoms with Gasteiger partial charge in [0.2, 0.25) is 0 Å². The van der Waals surface area contributed by atoms with Crippen LogP contribution in [-0.2, 0) is 0 Å². The summed E-state index contributed by atoms with van der Waals surface area (Å²) in [5.41, 5.74) is 2.37. The Morgan fingerprint density at radius 3 is 1.10 bits per heavy atom. The molecule has 0 radical (unpaired) electrons. The monoisotopic (exact) mass is 532 g/mol. The normalized spacial score (nSPS) is 15.6. The molecule has 0 amide bonds. The van der Waals surface area contributed by atoms with Crippen molar-refractivity contribution in [2.24, 2.45) is 0 Å². The van der Waals surface area contributed by atoms with Gasteiger partial charge in [0.1, 0.15) is 23.7 Å². The number of rotatable bonds is 15. The number of para-hydroxylation sites is 2. The Bertz CT molecular complexity index is 1180. The van der Waals surface area contributed by atoms with Crippen molar-refractivity contribution >= 4 is 0 Å². The van der Waals surface area contributed by atoms with Gasteiger partial charge in [-0.05, 0) is 61.4 Å². The lowest BCUT2D eigenvalue weighted by atomic mass is 9.93. The Morgan fingerprint density at radius 1 is 0.500 bits per heavy atom. The highest BCUT2D eigenvalue weighted by Gasteiger charge is 2.37. The van der Waals surface area contributed by atoms with Gasteiger partial charge in [-0.1, -0.05) is 110 Å². The number of benzene rings is 4. The van der Waals surface area contributed by atoms with E-state index in [-0.39, 0.29) is 36.4 Å². The second kappa shape index (κ2) is 14.9. The van der Waals surface area contributed by atoms with Crippen molar-refractivity contribution in [3.05, 3.63) is 158 Å². The molecule has 4 aromatic rings. The van der Waals surface area contributed by atoms with Crippen molar-refractivity contribution in [2.45, 2.75) is 50.2 Å². The minimum Gasteiger partial charge on any atom is -0.485 e. The van der Waals surface area contributed by atoms with E-state index in [0.29, 0.717) is 0 Å². The maximum atomic E-state index is 6.57. The number of nitrogens with one attached hydrogen (secondary N) is 2. The Labute approximate surface area is 239 Å². The summed E-state index contributed by atoms with van der Waals surface area (Å²) in [5.74, 6) is 1.56. The third-order valence-corrected chi connectivity index (χ3v) is 7.07. The van der Waals surface area contributed by atoms with Crippen LogP contribution in [0.1, 0.15) is 37.1 Å². The summed E-state index contributed by atoms with van der Waals surface area (Å²) in [6.45, 7) is 12.7. The van der Waals surface area contributed by atoms with Crippen LogP contribution in [0.25, 0.3) is 0 Å². The lowest BCUT2D eigenvalue weighted by molar-refractivity contribution is 0.102. The largest absolute Gasteiger partial charge is 0.485 e. The molecule has 6 atom stereocenters. The molecule has 0 aliphatic rings.